The molecule has 1 aromatic carbocycles. The first-order valence-corrected chi connectivity index (χ1v) is 6.80. The van der Waals surface area contributed by atoms with E-state index in [4.69, 9.17) is 15.2 Å². The first-order valence-electron chi connectivity index (χ1n) is 6.80. The minimum atomic E-state index is -0.474. The van der Waals surface area contributed by atoms with E-state index in [0.717, 1.165) is 16.8 Å². The van der Waals surface area contributed by atoms with Crippen molar-refractivity contribution in [2.75, 3.05) is 18.8 Å². The van der Waals surface area contributed by atoms with Crippen LogP contribution in [0.4, 0.5) is 10.5 Å². The lowest BCUT2D eigenvalue weighted by Gasteiger charge is -2.47. The van der Waals surface area contributed by atoms with Gasteiger partial charge in [0.25, 0.3) is 0 Å². The third kappa shape index (κ3) is 2.12. The standard InChI is InChI=1S/C15H20N2O3/c1-14(2,3)20-13(18)17-8-15(9-17)12-6-11(16)5-4-10(12)7-19-15/h4-6H,7-9,16H2,1-3H3. The fourth-order valence-corrected chi connectivity index (χ4v) is 2.73. The number of nitrogen functional groups attached to an aromatic ring is 1. The van der Waals surface area contributed by atoms with E-state index in [0.29, 0.717) is 19.7 Å². The van der Waals surface area contributed by atoms with Crippen LogP contribution in [0.1, 0.15) is 31.9 Å². The van der Waals surface area contributed by atoms with Crippen molar-refractivity contribution < 1.29 is 14.3 Å². The van der Waals surface area contributed by atoms with Gasteiger partial charge in [-0.3, -0.25) is 0 Å². The number of carbonyl (C=O) groups is 1. The number of carbonyl (C=O) groups excluding carboxylic acids is 1. The predicted molar refractivity (Wildman–Crippen MR) is 75.1 cm³/mol. The van der Waals surface area contributed by atoms with Gasteiger partial charge in [0, 0.05) is 5.69 Å². The highest BCUT2D eigenvalue weighted by atomic mass is 16.6. The van der Waals surface area contributed by atoms with Crippen LogP contribution >= 0.6 is 0 Å². The van der Waals surface area contributed by atoms with Gasteiger partial charge in [0.15, 0.2) is 0 Å². The quantitative estimate of drug-likeness (QED) is 0.738. The van der Waals surface area contributed by atoms with E-state index in [-0.39, 0.29) is 11.7 Å². The summed E-state index contributed by atoms with van der Waals surface area (Å²) in [6.45, 7) is 7.22. The average molecular weight is 276 g/mol. The van der Waals surface area contributed by atoms with E-state index in [1.54, 1.807) is 4.90 Å². The number of anilines is 1. The zero-order valence-electron chi connectivity index (χ0n) is 12.1. The maximum Gasteiger partial charge on any atom is 0.410 e. The summed E-state index contributed by atoms with van der Waals surface area (Å²) in [5.41, 5.74) is 7.98. The molecule has 0 saturated carbocycles. The highest BCUT2D eigenvalue weighted by Gasteiger charge is 2.52. The lowest BCUT2D eigenvalue weighted by molar-refractivity contribution is -0.137. The molecule has 0 aliphatic carbocycles. The molecule has 5 nitrogen and oxygen atoms in total. The van der Waals surface area contributed by atoms with Crippen LogP contribution in [0, 0.1) is 0 Å². The van der Waals surface area contributed by atoms with Crippen molar-refractivity contribution in [3.05, 3.63) is 29.3 Å². The fraction of sp³-hybridized carbons (Fsp3) is 0.533. The number of nitrogens with two attached hydrogens (primary N) is 1. The van der Waals surface area contributed by atoms with Gasteiger partial charge in [-0.05, 0) is 44.0 Å². The van der Waals surface area contributed by atoms with Gasteiger partial charge in [-0.2, -0.15) is 0 Å². The molecule has 0 atom stereocenters. The minimum absolute atomic E-state index is 0.288. The first kappa shape index (κ1) is 13.2. The molecule has 2 aliphatic rings. The number of fused-ring (bicyclic) bond motifs is 2. The maximum atomic E-state index is 12.0. The molecule has 1 aromatic rings. The van der Waals surface area contributed by atoms with E-state index in [1.807, 2.05) is 39.0 Å². The molecular weight excluding hydrogens is 256 g/mol. The zero-order valence-corrected chi connectivity index (χ0v) is 12.1. The maximum absolute atomic E-state index is 12.0. The third-order valence-corrected chi connectivity index (χ3v) is 3.67. The molecule has 5 heteroatoms. The Morgan fingerprint density at radius 1 is 1.40 bits per heavy atom. The van der Waals surface area contributed by atoms with Crippen LogP contribution in [0.5, 0.6) is 0 Å². The van der Waals surface area contributed by atoms with E-state index in [2.05, 4.69) is 0 Å². The molecule has 2 N–H and O–H groups in total. The van der Waals surface area contributed by atoms with Crippen molar-refractivity contribution in [3.63, 3.8) is 0 Å². The molecule has 0 unspecified atom stereocenters. The third-order valence-electron chi connectivity index (χ3n) is 3.67. The van der Waals surface area contributed by atoms with Gasteiger partial charge in [0.05, 0.1) is 19.7 Å². The van der Waals surface area contributed by atoms with Crippen molar-refractivity contribution in [3.8, 4) is 0 Å². The van der Waals surface area contributed by atoms with Crippen molar-refractivity contribution in [2.24, 2.45) is 0 Å². The Labute approximate surface area is 118 Å². The van der Waals surface area contributed by atoms with Crippen LogP contribution < -0.4 is 5.73 Å². The molecule has 2 heterocycles. The molecule has 2 aliphatic heterocycles. The van der Waals surface area contributed by atoms with Gasteiger partial charge in [-0.25, -0.2) is 4.79 Å². The summed E-state index contributed by atoms with van der Waals surface area (Å²) in [4.78, 5) is 13.7. The molecule has 1 amide bonds. The normalized spacial score (nSPS) is 19.6. The van der Waals surface area contributed by atoms with Crippen LogP contribution in [-0.4, -0.2) is 29.7 Å². The highest BCUT2D eigenvalue weighted by Crippen LogP contribution is 2.44. The monoisotopic (exact) mass is 276 g/mol. The Bertz CT molecular complexity index is 557. The summed E-state index contributed by atoms with van der Waals surface area (Å²) >= 11 is 0. The molecule has 1 spiro atoms. The summed E-state index contributed by atoms with van der Waals surface area (Å²) in [7, 11) is 0. The summed E-state index contributed by atoms with van der Waals surface area (Å²) in [6, 6.07) is 5.83. The second kappa shape index (κ2) is 4.12. The number of hydrogen-bond acceptors (Lipinski definition) is 4. The fourth-order valence-electron chi connectivity index (χ4n) is 2.73. The SMILES string of the molecule is CC(C)(C)OC(=O)N1CC2(C1)OCc1ccc(N)cc12. The molecule has 1 fully saturated rings. The second-order valence-electron chi connectivity index (χ2n) is 6.54. The second-order valence-corrected chi connectivity index (χ2v) is 6.54. The van der Waals surface area contributed by atoms with Crippen LogP contribution in [0.25, 0.3) is 0 Å². The van der Waals surface area contributed by atoms with E-state index < -0.39 is 5.60 Å². The van der Waals surface area contributed by atoms with Gasteiger partial charge in [-0.1, -0.05) is 6.07 Å². The molecule has 0 radical (unpaired) electrons. The summed E-state index contributed by atoms with van der Waals surface area (Å²) < 4.78 is 11.3. The number of rotatable bonds is 0. The number of ether oxygens (including phenoxy) is 2. The largest absolute Gasteiger partial charge is 0.444 e. The summed E-state index contributed by atoms with van der Waals surface area (Å²) in [5.74, 6) is 0. The van der Waals surface area contributed by atoms with Gasteiger partial charge in [0.1, 0.15) is 11.2 Å². The lowest BCUT2D eigenvalue weighted by atomic mass is 9.85. The first-order chi connectivity index (χ1) is 9.29. The summed E-state index contributed by atoms with van der Waals surface area (Å²) in [6.07, 6.45) is -0.288. The number of nitrogens with zero attached hydrogens (tertiary/aromatic N) is 1. The van der Waals surface area contributed by atoms with Gasteiger partial charge in [0.2, 0.25) is 0 Å². The lowest BCUT2D eigenvalue weighted by Crippen LogP contribution is -2.61. The highest BCUT2D eigenvalue weighted by molar-refractivity contribution is 5.70. The van der Waals surface area contributed by atoms with Crippen molar-refractivity contribution in [1.29, 1.82) is 0 Å². The molecular formula is C15H20N2O3. The van der Waals surface area contributed by atoms with Crippen LogP contribution in [0.15, 0.2) is 18.2 Å². The number of amides is 1. The van der Waals surface area contributed by atoms with E-state index in [9.17, 15) is 4.79 Å². The Kier molecular flexibility index (Phi) is 2.73. The smallest absolute Gasteiger partial charge is 0.410 e. The molecule has 1 saturated heterocycles. The summed E-state index contributed by atoms with van der Waals surface area (Å²) in [5, 5.41) is 0. The Hall–Kier alpha value is -1.75. The molecule has 0 aromatic heterocycles. The average Bonchev–Trinajstić information content (AvgIpc) is 2.63. The van der Waals surface area contributed by atoms with Crippen molar-refractivity contribution >= 4 is 11.8 Å². The Morgan fingerprint density at radius 3 is 2.75 bits per heavy atom. The van der Waals surface area contributed by atoms with E-state index >= 15 is 0 Å². The number of benzene rings is 1. The van der Waals surface area contributed by atoms with Crippen molar-refractivity contribution in [1.82, 2.24) is 4.90 Å². The molecule has 20 heavy (non-hydrogen) atoms. The Balaban J connectivity index is 1.72. The molecule has 0 bridgehead atoms. The van der Waals surface area contributed by atoms with Gasteiger partial charge >= 0.3 is 6.09 Å². The number of hydrogen-bond donors (Lipinski definition) is 1. The van der Waals surface area contributed by atoms with Gasteiger partial charge < -0.3 is 20.1 Å². The van der Waals surface area contributed by atoms with Gasteiger partial charge in [-0.15, -0.1) is 0 Å². The zero-order chi connectivity index (χ0) is 14.5. The van der Waals surface area contributed by atoms with Crippen LogP contribution in [0.2, 0.25) is 0 Å². The Morgan fingerprint density at radius 2 is 2.10 bits per heavy atom. The van der Waals surface area contributed by atoms with E-state index in [1.165, 1.54) is 0 Å². The van der Waals surface area contributed by atoms with Crippen LogP contribution in [0.3, 0.4) is 0 Å². The molecule has 108 valence electrons. The topological polar surface area (TPSA) is 64.8 Å². The van der Waals surface area contributed by atoms with Crippen molar-refractivity contribution in [2.45, 2.75) is 38.6 Å². The minimum Gasteiger partial charge on any atom is -0.444 e. The molecule has 3 rings (SSSR count). The van der Waals surface area contributed by atoms with Crippen LogP contribution in [-0.2, 0) is 21.7 Å². The predicted octanol–water partition coefficient (Wildman–Crippen LogP) is 2.25. The number of likely N-dealkylation sites (tertiary alicyclic amines) is 1.